The second-order valence-electron chi connectivity index (χ2n) is 4.85. The monoisotopic (exact) mass is 450 g/mol. The highest BCUT2D eigenvalue weighted by molar-refractivity contribution is 6.43. The van der Waals surface area contributed by atoms with Crippen LogP contribution in [0.5, 0.6) is 11.5 Å². The van der Waals surface area contributed by atoms with Crippen LogP contribution in [0.25, 0.3) is 0 Å². The van der Waals surface area contributed by atoms with Crippen molar-refractivity contribution in [2.45, 2.75) is 0 Å². The molecule has 27 heavy (non-hydrogen) atoms. The fourth-order valence-electron chi connectivity index (χ4n) is 1.83. The summed E-state index contributed by atoms with van der Waals surface area (Å²) >= 11 is 23.6. The molecule has 0 fully saturated rings. The van der Waals surface area contributed by atoms with Crippen molar-refractivity contribution in [2.24, 2.45) is 0 Å². The third kappa shape index (κ3) is 5.43. The van der Waals surface area contributed by atoms with Crippen LogP contribution in [0, 0.1) is 0 Å². The van der Waals surface area contributed by atoms with E-state index in [1.807, 2.05) is 0 Å². The van der Waals surface area contributed by atoms with E-state index in [1.54, 1.807) is 0 Å². The number of halogens is 4. The van der Waals surface area contributed by atoms with Crippen LogP contribution in [0.1, 0.15) is 10.4 Å². The van der Waals surface area contributed by atoms with Crippen LogP contribution in [-0.4, -0.2) is 24.2 Å². The first-order chi connectivity index (χ1) is 12.7. The Bertz CT molecular complexity index is 926. The van der Waals surface area contributed by atoms with Gasteiger partial charge in [-0.05, 0) is 24.3 Å². The molecule has 0 aliphatic heterocycles. The summed E-state index contributed by atoms with van der Waals surface area (Å²) in [6.07, 6.45) is 0.863. The maximum atomic E-state index is 12.6. The van der Waals surface area contributed by atoms with E-state index in [2.05, 4.69) is 4.74 Å². The Morgan fingerprint density at radius 2 is 1.59 bits per heavy atom. The Balaban J connectivity index is 2.38. The predicted octanol–water partition coefficient (Wildman–Crippen LogP) is 5.47. The molecule has 2 aromatic carbocycles. The molecule has 0 saturated heterocycles. The van der Waals surface area contributed by atoms with Crippen LogP contribution in [0.4, 0.5) is 0 Å². The minimum atomic E-state index is -1.40. The van der Waals surface area contributed by atoms with E-state index in [9.17, 15) is 9.59 Å². The smallest absolute Gasteiger partial charge is 0.375 e. The van der Waals surface area contributed by atoms with E-state index < -0.39 is 17.7 Å². The molecule has 6 nitrogen and oxygen atoms in total. The standard InChI is InChI=1S/C17H10Cl4O6/c1-25-7-15(16(22)23)26-13-3-2-8(18)4-9(13)17(24)27-14-6-11(20)10(19)5-12(14)21/h2-7H,1H3,(H,22,23). The zero-order chi connectivity index (χ0) is 20.1. The second kappa shape index (κ2) is 9.19. The molecule has 10 heteroatoms. The van der Waals surface area contributed by atoms with Crippen molar-refractivity contribution in [3.63, 3.8) is 0 Å². The Kier molecular flexibility index (Phi) is 7.21. The van der Waals surface area contributed by atoms with Gasteiger partial charge < -0.3 is 19.3 Å². The van der Waals surface area contributed by atoms with Crippen LogP contribution >= 0.6 is 46.4 Å². The van der Waals surface area contributed by atoms with Gasteiger partial charge in [-0.1, -0.05) is 46.4 Å². The van der Waals surface area contributed by atoms with E-state index in [-0.39, 0.29) is 37.2 Å². The van der Waals surface area contributed by atoms with E-state index in [0.717, 1.165) is 6.26 Å². The number of hydrogen-bond acceptors (Lipinski definition) is 5. The fraction of sp³-hybridized carbons (Fsp3) is 0.0588. The van der Waals surface area contributed by atoms with Gasteiger partial charge in [-0.25, -0.2) is 9.59 Å². The number of benzene rings is 2. The number of methoxy groups -OCH3 is 1. The molecular weight excluding hydrogens is 442 g/mol. The summed E-state index contributed by atoms with van der Waals surface area (Å²) in [5, 5.41) is 9.67. The van der Waals surface area contributed by atoms with Crippen LogP contribution < -0.4 is 9.47 Å². The first-order valence-electron chi connectivity index (χ1n) is 7.03. The zero-order valence-electron chi connectivity index (χ0n) is 13.5. The molecule has 0 amide bonds. The van der Waals surface area contributed by atoms with Gasteiger partial charge >= 0.3 is 11.9 Å². The zero-order valence-corrected chi connectivity index (χ0v) is 16.5. The van der Waals surface area contributed by atoms with Crippen molar-refractivity contribution in [3.05, 3.63) is 68.0 Å². The predicted molar refractivity (Wildman–Crippen MR) is 101 cm³/mol. The minimum Gasteiger partial charge on any atom is -0.500 e. The van der Waals surface area contributed by atoms with Crippen molar-refractivity contribution in [1.82, 2.24) is 0 Å². The Labute approximate surface area is 173 Å². The Hall–Kier alpha value is -2.12. The van der Waals surface area contributed by atoms with Crippen LogP contribution in [-0.2, 0) is 9.53 Å². The van der Waals surface area contributed by atoms with Gasteiger partial charge in [0.1, 0.15) is 17.6 Å². The fourth-order valence-corrected chi connectivity index (χ4v) is 2.58. The average Bonchev–Trinajstić information content (AvgIpc) is 2.60. The summed E-state index contributed by atoms with van der Waals surface area (Å²) in [7, 11) is 1.25. The molecule has 0 aromatic heterocycles. The molecule has 2 rings (SSSR count). The van der Waals surface area contributed by atoms with Crippen molar-refractivity contribution < 1.29 is 28.9 Å². The lowest BCUT2D eigenvalue weighted by Gasteiger charge is -2.12. The maximum Gasteiger partial charge on any atom is 0.375 e. The number of esters is 1. The summed E-state index contributed by atoms with van der Waals surface area (Å²) in [6.45, 7) is 0. The SMILES string of the molecule is COC=C(Oc1ccc(Cl)cc1C(=O)Oc1cc(Cl)c(Cl)cc1Cl)C(=O)O. The summed E-state index contributed by atoms with van der Waals surface area (Å²) in [6, 6.07) is 6.54. The lowest BCUT2D eigenvalue weighted by Crippen LogP contribution is -2.14. The number of carboxylic acids is 1. The molecule has 0 heterocycles. The molecule has 0 spiro atoms. The molecular formula is C17H10Cl4O6. The summed E-state index contributed by atoms with van der Waals surface area (Å²) in [5.74, 6) is -3.03. The summed E-state index contributed by atoms with van der Waals surface area (Å²) < 4.78 is 15.1. The summed E-state index contributed by atoms with van der Waals surface area (Å²) in [4.78, 5) is 23.7. The van der Waals surface area contributed by atoms with Gasteiger partial charge in [0.05, 0.1) is 22.2 Å². The molecule has 0 atom stereocenters. The van der Waals surface area contributed by atoms with Crippen LogP contribution in [0.15, 0.2) is 42.4 Å². The number of carboxylic acid groups (broad SMARTS) is 1. The quantitative estimate of drug-likeness (QED) is 0.206. The normalized spacial score (nSPS) is 11.1. The number of carbonyl (C=O) groups excluding carboxylic acids is 1. The number of rotatable bonds is 6. The van der Waals surface area contributed by atoms with E-state index in [4.69, 9.17) is 61.0 Å². The van der Waals surface area contributed by atoms with Crippen LogP contribution in [0.2, 0.25) is 20.1 Å². The molecule has 0 saturated carbocycles. The minimum absolute atomic E-state index is 0.0483. The van der Waals surface area contributed by atoms with E-state index in [1.165, 1.54) is 37.4 Å². The van der Waals surface area contributed by atoms with Crippen molar-refractivity contribution in [2.75, 3.05) is 7.11 Å². The van der Waals surface area contributed by atoms with Gasteiger partial charge in [0.25, 0.3) is 0 Å². The first-order valence-corrected chi connectivity index (χ1v) is 8.54. The molecule has 2 aromatic rings. The number of ether oxygens (including phenoxy) is 3. The summed E-state index contributed by atoms with van der Waals surface area (Å²) in [5.41, 5.74) is -0.145. The molecule has 1 N–H and O–H groups in total. The first kappa shape index (κ1) is 21.2. The topological polar surface area (TPSA) is 82.1 Å². The van der Waals surface area contributed by atoms with Gasteiger partial charge in [0, 0.05) is 11.1 Å². The molecule has 0 aliphatic rings. The third-order valence-electron chi connectivity index (χ3n) is 2.99. The molecule has 0 radical (unpaired) electrons. The Morgan fingerprint density at radius 1 is 0.926 bits per heavy atom. The van der Waals surface area contributed by atoms with E-state index >= 15 is 0 Å². The van der Waals surface area contributed by atoms with Crippen molar-refractivity contribution in [1.29, 1.82) is 0 Å². The highest BCUT2D eigenvalue weighted by atomic mass is 35.5. The largest absolute Gasteiger partial charge is 0.500 e. The molecule has 0 bridgehead atoms. The van der Waals surface area contributed by atoms with Gasteiger partial charge in [-0.15, -0.1) is 0 Å². The van der Waals surface area contributed by atoms with Gasteiger partial charge in [-0.3, -0.25) is 0 Å². The van der Waals surface area contributed by atoms with Crippen LogP contribution in [0.3, 0.4) is 0 Å². The van der Waals surface area contributed by atoms with E-state index in [0.29, 0.717) is 0 Å². The number of aliphatic carboxylic acids is 1. The van der Waals surface area contributed by atoms with Crippen molar-refractivity contribution in [3.8, 4) is 11.5 Å². The second-order valence-corrected chi connectivity index (χ2v) is 6.51. The molecule has 0 aliphatic carbocycles. The maximum absolute atomic E-state index is 12.6. The highest BCUT2D eigenvalue weighted by Gasteiger charge is 2.21. The number of carbonyl (C=O) groups is 2. The third-order valence-corrected chi connectivity index (χ3v) is 4.25. The van der Waals surface area contributed by atoms with Gasteiger partial charge in [0.15, 0.2) is 5.75 Å². The molecule has 142 valence electrons. The lowest BCUT2D eigenvalue weighted by molar-refractivity contribution is -0.135. The number of hydrogen-bond donors (Lipinski definition) is 1. The lowest BCUT2D eigenvalue weighted by atomic mass is 10.2. The average molecular weight is 452 g/mol. The van der Waals surface area contributed by atoms with Gasteiger partial charge in [-0.2, -0.15) is 0 Å². The van der Waals surface area contributed by atoms with Crippen molar-refractivity contribution >= 4 is 58.3 Å². The highest BCUT2D eigenvalue weighted by Crippen LogP contribution is 2.35. The molecule has 0 unspecified atom stereocenters. The Morgan fingerprint density at radius 3 is 2.22 bits per heavy atom. The van der Waals surface area contributed by atoms with Gasteiger partial charge in [0.2, 0.25) is 5.76 Å².